The van der Waals surface area contributed by atoms with Crippen LogP contribution in [0.5, 0.6) is 11.5 Å². The number of pyridine rings is 1. The molecule has 0 atom stereocenters. The maximum Gasteiger partial charge on any atom is 0.191 e. The zero-order valence-electron chi connectivity index (χ0n) is 12.4. The van der Waals surface area contributed by atoms with Crippen molar-refractivity contribution in [2.45, 2.75) is 6.54 Å². The maximum absolute atomic E-state index is 14.4. The largest absolute Gasteiger partial charge is 0.493 e. The molecule has 4 nitrogen and oxygen atoms in total. The van der Waals surface area contributed by atoms with E-state index in [2.05, 4.69) is 4.98 Å². The highest BCUT2D eigenvalue weighted by Gasteiger charge is 2.23. The van der Waals surface area contributed by atoms with E-state index < -0.39 is 11.6 Å². The molecule has 118 valence electrons. The Kier molecular flexibility index (Phi) is 5.03. The van der Waals surface area contributed by atoms with Crippen LogP contribution in [0.1, 0.15) is 5.56 Å². The summed E-state index contributed by atoms with van der Waals surface area (Å²) in [5, 5.41) is 0.354. The van der Waals surface area contributed by atoms with Gasteiger partial charge >= 0.3 is 0 Å². The van der Waals surface area contributed by atoms with Gasteiger partial charge in [-0.05, 0) is 11.6 Å². The first-order chi connectivity index (χ1) is 10.5. The van der Waals surface area contributed by atoms with Crippen LogP contribution in [0.2, 0.25) is 5.15 Å². The third-order valence-corrected chi connectivity index (χ3v) is 3.36. The SMILES string of the molecule is COc1cc(OC)c(F)c(N(C)Cc2ccc(Cl)nc2)c1F. The third kappa shape index (κ3) is 3.22. The van der Waals surface area contributed by atoms with Crippen molar-refractivity contribution in [3.05, 3.63) is 46.7 Å². The van der Waals surface area contributed by atoms with E-state index in [1.807, 2.05) is 0 Å². The zero-order chi connectivity index (χ0) is 16.3. The summed E-state index contributed by atoms with van der Waals surface area (Å²) < 4.78 is 38.6. The number of ether oxygens (including phenoxy) is 2. The number of aromatic nitrogens is 1. The summed E-state index contributed by atoms with van der Waals surface area (Å²) in [6.45, 7) is 0.244. The lowest BCUT2D eigenvalue weighted by Crippen LogP contribution is -2.20. The summed E-state index contributed by atoms with van der Waals surface area (Å²) in [4.78, 5) is 5.36. The summed E-state index contributed by atoms with van der Waals surface area (Å²) in [6, 6.07) is 4.52. The van der Waals surface area contributed by atoms with Gasteiger partial charge in [-0.25, -0.2) is 13.8 Å². The maximum atomic E-state index is 14.4. The lowest BCUT2D eigenvalue weighted by Gasteiger charge is -2.22. The van der Waals surface area contributed by atoms with E-state index in [9.17, 15) is 8.78 Å². The highest BCUT2D eigenvalue weighted by Crippen LogP contribution is 2.37. The van der Waals surface area contributed by atoms with E-state index in [0.717, 1.165) is 5.56 Å². The van der Waals surface area contributed by atoms with Gasteiger partial charge in [0.2, 0.25) is 0 Å². The number of anilines is 1. The molecule has 0 fully saturated rings. The van der Waals surface area contributed by atoms with Crippen LogP contribution in [-0.4, -0.2) is 26.3 Å². The van der Waals surface area contributed by atoms with Gasteiger partial charge in [-0.2, -0.15) is 0 Å². The standard InChI is InChI=1S/C15H15ClF2N2O2/c1-20(8-9-4-5-12(16)19-7-9)15-13(17)10(21-2)6-11(22-3)14(15)18/h4-7H,8H2,1-3H3. The Morgan fingerprint density at radius 3 is 2.18 bits per heavy atom. The first-order valence-corrected chi connectivity index (χ1v) is 6.77. The molecule has 0 aliphatic rings. The van der Waals surface area contributed by atoms with Gasteiger partial charge in [-0.3, -0.25) is 0 Å². The predicted octanol–water partition coefficient (Wildman–Crippen LogP) is 3.67. The summed E-state index contributed by atoms with van der Waals surface area (Å²) in [6.07, 6.45) is 1.55. The number of rotatable bonds is 5. The van der Waals surface area contributed by atoms with E-state index in [4.69, 9.17) is 21.1 Å². The van der Waals surface area contributed by atoms with Crippen molar-refractivity contribution in [1.82, 2.24) is 4.98 Å². The van der Waals surface area contributed by atoms with E-state index >= 15 is 0 Å². The first-order valence-electron chi connectivity index (χ1n) is 6.39. The Hall–Kier alpha value is -2.08. The van der Waals surface area contributed by atoms with Crippen molar-refractivity contribution >= 4 is 17.3 Å². The zero-order valence-corrected chi connectivity index (χ0v) is 13.1. The van der Waals surface area contributed by atoms with Crippen LogP contribution in [0.15, 0.2) is 24.4 Å². The average molecular weight is 329 g/mol. The molecule has 2 rings (SSSR count). The van der Waals surface area contributed by atoms with Gasteiger partial charge in [0, 0.05) is 25.9 Å². The monoisotopic (exact) mass is 328 g/mol. The number of benzene rings is 1. The minimum Gasteiger partial charge on any atom is -0.493 e. The van der Waals surface area contributed by atoms with Gasteiger partial charge in [-0.1, -0.05) is 17.7 Å². The predicted molar refractivity (Wildman–Crippen MR) is 80.8 cm³/mol. The lowest BCUT2D eigenvalue weighted by atomic mass is 10.2. The van der Waals surface area contributed by atoms with Crippen molar-refractivity contribution in [3.8, 4) is 11.5 Å². The van der Waals surface area contributed by atoms with Gasteiger partial charge in [0.25, 0.3) is 0 Å². The fourth-order valence-corrected chi connectivity index (χ4v) is 2.17. The number of hydrogen-bond donors (Lipinski definition) is 0. The molecule has 0 radical (unpaired) electrons. The molecule has 1 aromatic carbocycles. The van der Waals surface area contributed by atoms with E-state index in [-0.39, 0.29) is 23.7 Å². The minimum atomic E-state index is -0.787. The number of hydrogen-bond acceptors (Lipinski definition) is 4. The van der Waals surface area contributed by atoms with Crippen molar-refractivity contribution < 1.29 is 18.3 Å². The molecule has 0 saturated carbocycles. The summed E-state index contributed by atoms with van der Waals surface area (Å²) in [5.41, 5.74) is 0.527. The fraction of sp³-hybridized carbons (Fsp3) is 0.267. The number of halogens is 3. The Morgan fingerprint density at radius 2 is 1.73 bits per heavy atom. The summed E-state index contributed by atoms with van der Waals surface area (Å²) in [7, 11) is 4.18. The third-order valence-electron chi connectivity index (χ3n) is 3.14. The smallest absolute Gasteiger partial charge is 0.191 e. The van der Waals surface area contributed by atoms with Gasteiger partial charge in [0.05, 0.1) is 14.2 Å². The minimum absolute atomic E-state index is 0.0886. The average Bonchev–Trinajstić information content (AvgIpc) is 2.50. The molecule has 1 aromatic heterocycles. The van der Waals surface area contributed by atoms with Gasteiger partial charge < -0.3 is 14.4 Å². The fourth-order valence-electron chi connectivity index (χ4n) is 2.06. The van der Waals surface area contributed by atoms with Crippen molar-refractivity contribution in [1.29, 1.82) is 0 Å². The highest BCUT2D eigenvalue weighted by atomic mass is 35.5. The van der Waals surface area contributed by atoms with Crippen LogP contribution in [-0.2, 0) is 6.54 Å². The van der Waals surface area contributed by atoms with Crippen LogP contribution in [0.4, 0.5) is 14.5 Å². The van der Waals surface area contributed by atoms with Crippen LogP contribution < -0.4 is 14.4 Å². The molecule has 0 aliphatic heterocycles. The molecule has 0 unspecified atom stereocenters. The first kappa shape index (κ1) is 16.3. The Bertz CT molecular complexity index is 637. The molecular weight excluding hydrogens is 314 g/mol. The van der Waals surface area contributed by atoms with E-state index in [1.165, 1.54) is 25.2 Å². The molecule has 7 heteroatoms. The Morgan fingerprint density at radius 1 is 1.14 bits per heavy atom. The molecule has 2 aromatic rings. The summed E-state index contributed by atoms with van der Waals surface area (Å²) >= 11 is 5.72. The Balaban J connectivity index is 2.39. The van der Waals surface area contributed by atoms with Crippen LogP contribution in [0, 0.1) is 11.6 Å². The topological polar surface area (TPSA) is 34.6 Å². The van der Waals surface area contributed by atoms with Gasteiger partial charge in [0.15, 0.2) is 23.1 Å². The molecule has 22 heavy (non-hydrogen) atoms. The van der Waals surface area contributed by atoms with Crippen molar-refractivity contribution in [3.63, 3.8) is 0 Å². The summed E-state index contributed by atoms with van der Waals surface area (Å²) in [5.74, 6) is -1.75. The van der Waals surface area contributed by atoms with Crippen molar-refractivity contribution in [2.24, 2.45) is 0 Å². The second-order valence-corrected chi connectivity index (χ2v) is 4.99. The second kappa shape index (κ2) is 6.79. The molecule has 0 saturated heterocycles. The molecule has 1 heterocycles. The van der Waals surface area contributed by atoms with E-state index in [0.29, 0.717) is 5.15 Å². The number of nitrogens with zero attached hydrogens (tertiary/aromatic N) is 2. The molecule has 0 bridgehead atoms. The van der Waals surface area contributed by atoms with Crippen LogP contribution in [0.3, 0.4) is 0 Å². The molecule has 0 aliphatic carbocycles. The molecule has 0 spiro atoms. The molecular formula is C15H15ClF2N2O2. The van der Waals surface area contributed by atoms with Crippen LogP contribution in [0.25, 0.3) is 0 Å². The highest BCUT2D eigenvalue weighted by molar-refractivity contribution is 6.29. The molecule has 0 amide bonds. The second-order valence-electron chi connectivity index (χ2n) is 4.60. The van der Waals surface area contributed by atoms with Crippen molar-refractivity contribution in [2.75, 3.05) is 26.2 Å². The lowest BCUT2D eigenvalue weighted by molar-refractivity contribution is 0.358. The van der Waals surface area contributed by atoms with Gasteiger partial charge in [-0.15, -0.1) is 0 Å². The van der Waals surface area contributed by atoms with E-state index in [1.54, 1.807) is 25.4 Å². The van der Waals surface area contributed by atoms with Gasteiger partial charge in [0.1, 0.15) is 10.8 Å². The Labute approximate surface area is 132 Å². The quantitative estimate of drug-likeness (QED) is 0.784. The molecule has 0 N–H and O–H groups in total. The normalized spacial score (nSPS) is 10.5. The van der Waals surface area contributed by atoms with Crippen LogP contribution >= 0.6 is 11.6 Å². The number of methoxy groups -OCH3 is 2.